The summed E-state index contributed by atoms with van der Waals surface area (Å²) >= 11 is 0. The van der Waals surface area contributed by atoms with E-state index in [9.17, 15) is 19.7 Å². The fourth-order valence-electron chi connectivity index (χ4n) is 2.08. The molecule has 0 atom stereocenters. The van der Waals surface area contributed by atoms with Gasteiger partial charge in [0.05, 0.1) is 22.6 Å². The summed E-state index contributed by atoms with van der Waals surface area (Å²) in [6, 6.07) is 2.51. The van der Waals surface area contributed by atoms with Crippen molar-refractivity contribution in [2.75, 3.05) is 0 Å². The first-order valence-corrected chi connectivity index (χ1v) is 6.39. The largest absolute Gasteiger partial charge is 0.316 e. The number of fused-ring (bicyclic) bond motifs is 1. The first-order valence-electron chi connectivity index (χ1n) is 6.39. The number of nitro benzene ring substituents is 1. The number of non-ortho nitro benzene ring substituents is 1. The first kappa shape index (κ1) is 17.2. The van der Waals surface area contributed by atoms with Crippen LogP contribution in [0.2, 0.25) is 0 Å². The molecule has 2 heterocycles. The van der Waals surface area contributed by atoms with E-state index in [4.69, 9.17) is 0 Å². The number of nitrogens with one attached hydrogen (secondary N) is 3. The topological polar surface area (TPSA) is 164 Å². The van der Waals surface area contributed by atoms with Gasteiger partial charge in [0.15, 0.2) is 0 Å². The van der Waals surface area contributed by atoms with Crippen LogP contribution in [0.4, 0.5) is 5.69 Å². The molecule has 3 N–H and O–H groups in total. The summed E-state index contributed by atoms with van der Waals surface area (Å²) in [6.45, 7) is 0.463. The number of hydrogen-bond donors (Lipinski definition) is 3. The van der Waals surface area contributed by atoms with Crippen LogP contribution >= 0.6 is 12.4 Å². The van der Waals surface area contributed by atoms with Gasteiger partial charge in [-0.2, -0.15) is 0 Å². The Morgan fingerprint density at radius 3 is 2.67 bits per heavy atom. The van der Waals surface area contributed by atoms with Crippen molar-refractivity contribution in [3.63, 3.8) is 0 Å². The molecule has 0 bridgehead atoms. The van der Waals surface area contributed by atoms with Crippen molar-refractivity contribution in [2.45, 2.75) is 13.2 Å². The van der Waals surface area contributed by atoms with Crippen LogP contribution < -0.4 is 16.4 Å². The molecule has 12 nitrogen and oxygen atoms in total. The second-order valence-corrected chi connectivity index (χ2v) is 4.63. The number of aromatic nitrogens is 6. The Hall–Kier alpha value is -3.12. The van der Waals surface area contributed by atoms with Gasteiger partial charge in [-0.25, -0.2) is 4.68 Å². The molecule has 0 spiro atoms. The van der Waals surface area contributed by atoms with Crippen molar-refractivity contribution in [3.8, 4) is 0 Å². The molecular formula is C11H11ClN8O4. The van der Waals surface area contributed by atoms with Gasteiger partial charge >= 0.3 is 11.1 Å². The summed E-state index contributed by atoms with van der Waals surface area (Å²) in [5.74, 6) is 0. The van der Waals surface area contributed by atoms with Crippen molar-refractivity contribution in [2.24, 2.45) is 0 Å². The van der Waals surface area contributed by atoms with Gasteiger partial charge in [0.2, 0.25) is 0 Å². The number of nitro groups is 1. The van der Waals surface area contributed by atoms with E-state index in [2.05, 4.69) is 30.8 Å². The highest BCUT2D eigenvalue weighted by molar-refractivity contribution is 5.85. The predicted octanol–water partition coefficient (Wildman–Crippen LogP) is -0.720. The molecular weight excluding hydrogens is 344 g/mol. The lowest BCUT2D eigenvalue weighted by atomic mass is 10.1. The Balaban J connectivity index is 0.00000208. The number of rotatable bonds is 5. The minimum atomic E-state index is -0.870. The van der Waals surface area contributed by atoms with Crippen LogP contribution in [0.1, 0.15) is 5.56 Å². The van der Waals surface area contributed by atoms with Crippen LogP contribution in [-0.4, -0.2) is 35.1 Å². The van der Waals surface area contributed by atoms with Crippen molar-refractivity contribution in [3.05, 3.63) is 54.8 Å². The maximum Gasteiger partial charge on any atom is 0.314 e. The first-order chi connectivity index (χ1) is 11.0. The number of nitrogens with zero attached hydrogens (tertiary/aromatic N) is 5. The van der Waals surface area contributed by atoms with Crippen LogP contribution in [0.5, 0.6) is 0 Å². The minimum Gasteiger partial charge on any atom is -0.316 e. The van der Waals surface area contributed by atoms with E-state index in [1.54, 1.807) is 0 Å². The zero-order valence-corrected chi connectivity index (χ0v) is 12.7. The van der Waals surface area contributed by atoms with Crippen LogP contribution in [0.25, 0.3) is 11.0 Å². The molecule has 0 aliphatic rings. The van der Waals surface area contributed by atoms with Crippen molar-refractivity contribution < 1.29 is 4.92 Å². The lowest BCUT2D eigenvalue weighted by Gasteiger charge is -2.08. The Kier molecular flexibility index (Phi) is 5.01. The molecule has 0 unspecified atom stereocenters. The zero-order valence-electron chi connectivity index (χ0n) is 11.9. The molecule has 126 valence electrons. The van der Waals surface area contributed by atoms with E-state index in [0.717, 1.165) is 0 Å². The van der Waals surface area contributed by atoms with E-state index < -0.39 is 16.0 Å². The van der Waals surface area contributed by atoms with Crippen LogP contribution in [0, 0.1) is 10.1 Å². The summed E-state index contributed by atoms with van der Waals surface area (Å²) in [4.78, 5) is 38.0. The zero-order chi connectivity index (χ0) is 16.4. The monoisotopic (exact) mass is 354 g/mol. The van der Waals surface area contributed by atoms with Crippen LogP contribution in [-0.2, 0) is 13.2 Å². The second-order valence-electron chi connectivity index (χ2n) is 4.63. The smallest absolute Gasteiger partial charge is 0.314 e. The third-order valence-electron chi connectivity index (χ3n) is 3.09. The maximum absolute atomic E-state index is 11.5. The van der Waals surface area contributed by atoms with Crippen LogP contribution in [0.15, 0.2) is 28.0 Å². The standard InChI is InChI=1S/C11H10N8O4.ClH/c20-10-11(21)15-9-6(3-12-4-18-5-13-16-17-18)1-7(19(22)23)2-8(9)14-10;/h1-2,5,12H,3-4H2,(H,14,20)(H,15,21);1H. The second kappa shape index (κ2) is 6.97. The molecule has 0 radical (unpaired) electrons. The molecule has 3 aromatic rings. The summed E-state index contributed by atoms with van der Waals surface area (Å²) < 4.78 is 1.42. The van der Waals surface area contributed by atoms with Gasteiger partial charge < -0.3 is 9.97 Å². The highest BCUT2D eigenvalue weighted by Gasteiger charge is 2.13. The van der Waals surface area contributed by atoms with Crippen molar-refractivity contribution in [1.29, 1.82) is 0 Å². The molecule has 0 amide bonds. The lowest BCUT2D eigenvalue weighted by molar-refractivity contribution is -0.384. The molecule has 3 rings (SSSR count). The van der Waals surface area contributed by atoms with Crippen molar-refractivity contribution in [1.82, 2.24) is 35.5 Å². The fourth-order valence-corrected chi connectivity index (χ4v) is 2.08. The summed E-state index contributed by atoms with van der Waals surface area (Å²) in [7, 11) is 0. The fraction of sp³-hybridized carbons (Fsp3) is 0.182. The molecule has 24 heavy (non-hydrogen) atoms. The van der Waals surface area contributed by atoms with E-state index in [0.29, 0.717) is 11.1 Å². The van der Waals surface area contributed by atoms with E-state index in [1.807, 2.05) is 0 Å². The van der Waals surface area contributed by atoms with Crippen molar-refractivity contribution >= 4 is 29.1 Å². The Labute approximate surface area is 138 Å². The number of hydrogen-bond acceptors (Lipinski definition) is 8. The summed E-state index contributed by atoms with van der Waals surface area (Å²) in [5.41, 5.74) is -0.929. The molecule has 0 fully saturated rings. The van der Waals surface area contributed by atoms with Gasteiger partial charge in [0, 0.05) is 18.7 Å². The highest BCUT2D eigenvalue weighted by Crippen LogP contribution is 2.21. The molecule has 1 aromatic carbocycles. The molecule has 13 heteroatoms. The van der Waals surface area contributed by atoms with E-state index in [1.165, 1.54) is 23.1 Å². The number of halogens is 1. The average Bonchev–Trinajstić information content (AvgIpc) is 3.02. The number of tetrazole rings is 1. The summed E-state index contributed by atoms with van der Waals surface area (Å²) in [5, 5.41) is 24.6. The van der Waals surface area contributed by atoms with Gasteiger partial charge in [-0.3, -0.25) is 25.0 Å². The van der Waals surface area contributed by atoms with Gasteiger partial charge in [0.1, 0.15) is 6.33 Å². The molecule has 0 saturated heterocycles. The Morgan fingerprint density at radius 2 is 2.00 bits per heavy atom. The Morgan fingerprint density at radius 1 is 1.25 bits per heavy atom. The van der Waals surface area contributed by atoms with Gasteiger partial charge in [-0.05, 0) is 16.0 Å². The van der Waals surface area contributed by atoms with Gasteiger partial charge in [-0.15, -0.1) is 17.5 Å². The normalized spacial score (nSPS) is 10.5. The SMILES string of the molecule is Cl.O=c1[nH]c2cc([N+](=O)[O-])cc(CNCn3cnnn3)c2[nH]c1=O. The number of aromatic amines is 2. The summed E-state index contributed by atoms with van der Waals surface area (Å²) in [6.07, 6.45) is 1.40. The molecule has 0 aliphatic carbocycles. The minimum absolute atomic E-state index is 0. The lowest BCUT2D eigenvalue weighted by Crippen LogP contribution is -2.29. The highest BCUT2D eigenvalue weighted by atomic mass is 35.5. The van der Waals surface area contributed by atoms with Gasteiger partial charge in [0.25, 0.3) is 5.69 Å². The molecule has 0 saturated carbocycles. The van der Waals surface area contributed by atoms with Gasteiger partial charge in [-0.1, -0.05) is 0 Å². The predicted molar refractivity (Wildman–Crippen MR) is 83.7 cm³/mol. The molecule has 2 aromatic heterocycles. The van der Waals surface area contributed by atoms with Crippen LogP contribution in [0.3, 0.4) is 0 Å². The maximum atomic E-state index is 11.5. The number of H-pyrrole nitrogens is 2. The van der Waals surface area contributed by atoms with E-state index >= 15 is 0 Å². The Bertz CT molecular complexity index is 980. The molecule has 0 aliphatic heterocycles. The third kappa shape index (κ3) is 3.44. The quantitative estimate of drug-likeness (QED) is 0.307. The average molecular weight is 355 g/mol. The van der Waals surface area contributed by atoms with E-state index in [-0.39, 0.29) is 36.8 Å². The number of benzene rings is 1. The third-order valence-corrected chi connectivity index (χ3v) is 3.09.